The molecule has 0 aliphatic heterocycles. The third-order valence-corrected chi connectivity index (χ3v) is 3.60. The Kier molecular flexibility index (Phi) is 3.69. The van der Waals surface area contributed by atoms with E-state index >= 15 is 0 Å². The first-order chi connectivity index (χ1) is 10.3. The Morgan fingerprint density at radius 1 is 1.10 bits per heavy atom. The molecule has 0 saturated heterocycles. The maximum atomic E-state index is 9.33. The lowest BCUT2D eigenvalue weighted by Gasteiger charge is -2.16. The Labute approximate surface area is 123 Å². The zero-order valence-corrected chi connectivity index (χ0v) is 11.8. The van der Waals surface area contributed by atoms with E-state index in [1.165, 1.54) is 0 Å². The van der Waals surface area contributed by atoms with Crippen molar-refractivity contribution in [2.75, 3.05) is 0 Å². The molecule has 4 nitrogen and oxygen atoms in total. The molecular weight excluding hydrogens is 262 g/mol. The normalized spacial score (nSPS) is 12.2. The van der Waals surface area contributed by atoms with Crippen molar-refractivity contribution in [3.63, 3.8) is 0 Å². The summed E-state index contributed by atoms with van der Waals surface area (Å²) in [5.74, 6) is 0.273. The summed E-state index contributed by atoms with van der Waals surface area (Å²) >= 11 is 0. The van der Waals surface area contributed by atoms with Crippen LogP contribution in [0.5, 0.6) is 5.75 Å². The van der Waals surface area contributed by atoms with Gasteiger partial charge in [-0.1, -0.05) is 25.1 Å². The number of benzene rings is 1. The van der Waals surface area contributed by atoms with E-state index in [0.717, 1.165) is 23.2 Å². The molecule has 3 aromatic rings. The van der Waals surface area contributed by atoms with Crippen molar-refractivity contribution in [2.24, 2.45) is 0 Å². The largest absolute Gasteiger partial charge is 0.508 e. The first-order valence-electron chi connectivity index (χ1n) is 7.00. The van der Waals surface area contributed by atoms with E-state index < -0.39 is 0 Å². The molecule has 0 aliphatic rings. The van der Waals surface area contributed by atoms with E-state index in [0.29, 0.717) is 0 Å². The van der Waals surface area contributed by atoms with Gasteiger partial charge in [-0.2, -0.15) is 0 Å². The molecule has 1 atom stereocenters. The highest BCUT2D eigenvalue weighted by Crippen LogP contribution is 2.24. The molecule has 106 valence electrons. The lowest BCUT2D eigenvalue weighted by Crippen LogP contribution is -2.09. The Hall–Kier alpha value is -2.62. The third-order valence-electron chi connectivity index (χ3n) is 3.60. The summed E-state index contributed by atoms with van der Waals surface area (Å²) in [6, 6.07) is 11.5. The number of pyridine rings is 1. The first kappa shape index (κ1) is 13.4. The van der Waals surface area contributed by atoms with Gasteiger partial charge >= 0.3 is 0 Å². The second-order valence-electron chi connectivity index (χ2n) is 4.95. The minimum absolute atomic E-state index is 0.210. The van der Waals surface area contributed by atoms with Crippen LogP contribution in [0.4, 0.5) is 0 Å². The zero-order chi connectivity index (χ0) is 14.7. The second-order valence-corrected chi connectivity index (χ2v) is 4.95. The van der Waals surface area contributed by atoms with Crippen molar-refractivity contribution >= 4 is 0 Å². The lowest BCUT2D eigenvalue weighted by atomic mass is 10.1. The monoisotopic (exact) mass is 279 g/mol. The molecule has 0 aliphatic carbocycles. The second kappa shape index (κ2) is 5.79. The van der Waals surface area contributed by atoms with Crippen LogP contribution in [-0.4, -0.2) is 19.6 Å². The quantitative estimate of drug-likeness (QED) is 0.793. The highest BCUT2D eigenvalue weighted by Gasteiger charge is 2.12. The van der Waals surface area contributed by atoms with Crippen molar-refractivity contribution in [1.82, 2.24) is 14.5 Å². The number of phenolic OH excluding ortho intramolecular Hbond substituents is 1. The molecule has 1 N–H and O–H groups in total. The van der Waals surface area contributed by atoms with Gasteiger partial charge in [-0.3, -0.25) is 4.98 Å². The summed E-state index contributed by atoms with van der Waals surface area (Å²) in [4.78, 5) is 8.69. The van der Waals surface area contributed by atoms with Crippen LogP contribution in [-0.2, 0) is 0 Å². The zero-order valence-electron chi connectivity index (χ0n) is 11.8. The van der Waals surface area contributed by atoms with Gasteiger partial charge in [0.05, 0.1) is 18.1 Å². The minimum Gasteiger partial charge on any atom is -0.508 e. The predicted molar refractivity (Wildman–Crippen MR) is 82.0 cm³/mol. The average molecular weight is 279 g/mol. The number of hydrogen-bond acceptors (Lipinski definition) is 3. The van der Waals surface area contributed by atoms with Crippen LogP contribution in [0.1, 0.15) is 25.1 Å². The molecule has 0 radical (unpaired) electrons. The molecule has 2 heterocycles. The molecule has 1 aromatic carbocycles. The average Bonchev–Trinajstić information content (AvgIpc) is 3.04. The van der Waals surface area contributed by atoms with E-state index in [-0.39, 0.29) is 11.8 Å². The van der Waals surface area contributed by atoms with E-state index in [1.54, 1.807) is 18.3 Å². The Bertz CT molecular complexity index is 688. The molecule has 0 spiro atoms. The summed E-state index contributed by atoms with van der Waals surface area (Å²) < 4.78 is 2.07. The van der Waals surface area contributed by atoms with Crippen LogP contribution in [0.25, 0.3) is 11.1 Å². The number of aromatic hydroxyl groups is 1. The lowest BCUT2D eigenvalue weighted by molar-refractivity contribution is 0.475. The molecule has 2 aromatic heterocycles. The summed E-state index contributed by atoms with van der Waals surface area (Å²) in [6.45, 7) is 2.14. The molecule has 0 fully saturated rings. The van der Waals surface area contributed by atoms with E-state index in [2.05, 4.69) is 33.6 Å². The summed E-state index contributed by atoms with van der Waals surface area (Å²) in [6.07, 6.45) is 8.41. The van der Waals surface area contributed by atoms with Gasteiger partial charge < -0.3 is 9.67 Å². The van der Waals surface area contributed by atoms with Gasteiger partial charge in [0.25, 0.3) is 0 Å². The first-order valence-corrected chi connectivity index (χ1v) is 7.00. The van der Waals surface area contributed by atoms with Crippen LogP contribution < -0.4 is 0 Å². The topological polar surface area (TPSA) is 50.9 Å². The molecule has 4 heteroatoms. The maximum absolute atomic E-state index is 9.33. The Balaban J connectivity index is 1.88. The fourth-order valence-electron chi connectivity index (χ4n) is 2.45. The smallest absolute Gasteiger partial charge is 0.115 e. The van der Waals surface area contributed by atoms with Gasteiger partial charge in [-0.15, -0.1) is 0 Å². The van der Waals surface area contributed by atoms with Crippen molar-refractivity contribution in [2.45, 2.75) is 19.4 Å². The van der Waals surface area contributed by atoms with Gasteiger partial charge in [-0.05, 0) is 30.2 Å². The van der Waals surface area contributed by atoms with E-state index in [9.17, 15) is 5.11 Å². The van der Waals surface area contributed by atoms with Crippen molar-refractivity contribution in [1.29, 1.82) is 0 Å². The number of phenols is 1. The molecule has 1 unspecified atom stereocenters. The van der Waals surface area contributed by atoms with Gasteiger partial charge in [0.1, 0.15) is 5.75 Å². The number of hydrogen-bond donors (Lipinski definition) is 1. The van der Waals surface area contributed by atoms with Crippen molar-refractivity contribution in [3.05, 3.63) is 67.0 Å². The SMILES string of the molecule is CCC(c1ccc(-c2ccc(O)cc2)cn1)n1ccnc1. The number of imidazole rings is 1. The molecular formula is C17H17N3O. The minimum atomic E-state index is 0.210. The van der Waals surface area contributed by atoms with Crippen LogP contribution in [0.15, 0.2) is 61.3 Å². The fourth-order valence-corrected chi connectivity index (χ4v) is 2.45. The molecule has 0 saturated carbocycles. The standard InChI is InChI=1S/C17H17N3O/c1-2-17(20-10-9-18-12-20)16-8-5-14(11-19-16)13-3-6-15(21)7-4-13/h3-12,17,21H,2H2,1H3. The van der Waals surface area contributed by atoms with Gasteiger partial charge in [-0.25, -0.2) is 4.98 Å². The highest BCUT2D eigenvalue weighted by atomic mass is 16.3. The number of aromatic nitrogens is 3. The number of nitrogens with zero attached hydrogens (tertiary/aromatic N) is 3. The van der Waals surface area contributed by atoms with Gasteiger partial charge in [0.15, 0.2) is 0 Å². The maximum Gasteiger partial charge on any atom is 0.115 e. The molecule has 3 rings (SSSR count). The number of rotatable bonds is 4. The summed E-state index contributed by atoms with van der Waals surface area (Å²) in [7, 11) is 0. The van der Waals surface area contributed by atoms with Crippen molar-refractivity contribution < 1.29 is 5.11 Å². The van der Waals surface area contributed by atoms with Crippen LogP contribution in [0.2, 0.25) is 0 Å². The predicted octanol–water partition coefficient (Wildman–Crippen LogP) is 3.65. The molecule has 0 amide bonds. The van der Waals surface area contributed by atoms with Crippen LogP contribution >= 0.6 is 0 Å². The Morgan fingerprint density at radius 2 is 1.86 bits per heavy atom. The van der Waals surface area contributed by atoms with Crippen molar-refractivity contribution in [3.8, 4) is 16.9 Å². The third kappa shape index (κ3) is 2.79. The van der Waals surface area contributed by atoms with E-state index in [1.807, 2.05) is 30.9 Å². The highest BCUT2D eigenvalue weighted by molar-refractivity contribution is 5.63. The fraction of sp³-hybridized carbons (Fsp3) is 0.176. The summed E-state index contributed by atoms with van der Waals surface area (Å²) in [5, 5.41) is 9.33. The van der Waals surface area contributed by atoms with Crippen LogP contribution in [0.3, 0.4) is 0 Å². The van der Waals surface area contributed by atoms with Crippen LogP contribution in [0, 0.1) is 0 Å². The van der Waals surface area contributed by atoms with Gasteiger partial charge in [0, 0.05) is 24.2 Å². The summed E-state index contributed by atoms with van der Waals surface area (Å²) in [5.41, 5.74) is 3.11. The van der Waals surface area contributed by atoms with Gasteiger partial charge in [0.2, 0.25) is 0 Å². The molecule has 21 heavy (non-hydrogen) atoms. The molecule has 0 bridgehead atoms. The Morgan fingerprint density at radius 3 is 2.43 bits per heavy atom. The van der Waals surface area contributed by atoms with E-state index in [4.69, 9.17) is 0 Å².